The highest BCUT2D eigenvalue weighted by Gasteiger charge is 2.64. The van der Waals surface area contributed by atoms with Gasteiger partial charge < -0.3 is 15.0 Å². The lowest BCUT2D eigenvalue weighted by Crippen LogP contribution is -2.51. The van der Waals surface area contributed by atoms with Gasteiger partial charge in [-0.1, -0.05) is 0 Å². The van der Waals surface area contributed by atoms with Crippen LogP contribution in [0.25, 0.3) is 0 Å². The first-order chi connectivity index (χ1) is 11.0. The summed E-state index contributed by atoms with van der Waals surface area (Å²) < 4.78 is 5.43. The zero-order chi connectivity index (χ0) is 16.2. The van der Waals surface area contributed by atoms with Crippen LogP contribution < -0.4 is 5.32 Å². The molecule has 3 aliphatic heterocycles. The van der Waals surface area contributed by atoms with Crippen molar-refractivity contribution in [3.05, 3.63) is 0 Å². The lowest BCUT2D eigenvalue weighted by Gasteiger charge is -2.34. The second-order valence-corrected chi connectivity index (χ2v) is 7.84. The van der Waals surface area contributed by atoms with Crippen molar-refractivity contribution < 1.29 is 14.3 Å². The summed E-state index contributed by atoms with van der Waals surface area (Å²) in [7, 11) is 0. The Balaban J connectivity index is 1.69. The van der Waals surface area contributed by atoms with Gasteiger partial charge in [-0.2, -0.15) is 0 Å². The summed E-state index contributed by atoms with van der Waals surface area (Å²) in [5.41, 5.74) is -0.624. The van der Waals surface area contributed by atoms with Crippen molar-refractivity contribution in [3.63, 3.8) is 0 Å². The van der Waals surface area contributed by atoms with Gasteiger partial charge in [0.25, 0.3) is 5.91 Å². The third-order valence-electron chi connectivity index (χ3n) is 6.16. The number of carbonyl (C=O) groups is 2. The van der Waals surface area contributed by atoms with E-state index in [1.165, 1.54) is 17.7 Å². The Kier molecular flexibility index (Phi) is 3.65. The molecular formula is C17H27N3O3. The average Bonchev–Trinajstić information content (AvgIpc) is 3.18. The zero-order valence-electron chi connectivity index (χ0n) is 14.1. The number of hydrogen-bond donors (Lipinski definition) is 1. The van der Waals surface area contributed by atoms with Gasteiger partial charge in [0.2, 0.25) is 0 Å². The first-order valence-electron chi connectivity index (χ1n) is 9.03. The number of piperidine rings is 1. The maximum absolute atomic E-state index is 13.4. The predicted molar refractivity (Wildman–Crippen MR) is 84.9 cm³/mol. The fourth-order valence-corrected chi connectivity index (χ4v) is 5.23. The van der Waals surface area contributed by atoms with Crippen LogP contribution in [0.3, 0.4) is 0 Å². The molecule has 0 aromatic heterocycles. The van der Waals surface area contributed by atoms with E-state index in [9.17, 15) is 9.59 Å². The molecule has 3 heterocycles. The third kappa shape index (κ3) is 2.14. The molecule has 6 heteroatoms. The monoisotopic (exact) mass is 321 g/mol. The standard InChI is InChI=1S/C17H27N3O3/c1-11(2)20-16(22)19(13-5-7-23-10-13)15(21)17(20)8-12-4-3-6-18-14(12)9-17/h11-14,18H,3-10H2,1-2H3. The van der Waals surface area contributed by atoms with Crippen molar-refractivity contribution in [1.82, 2.24) is 15.1 Å². The molecular weight excluding hydrogens is 294 g/mol. The molecule has 4 rings (SSSR count). The van der Waals surface area contributed by atoms with Gasteiger partial charge in [0.15, 0.2) is 0 Å². The summed E-state index contributed by atoms with van der Waals surface area (Å²) in [5, 5.41) is 3.58. The van der Waals surface area contributed by atoms with Crippen LogP contribution in [0.4, 0.5) is 4.79 Å². The summed E-state index contributed by atoms with van der Waals surface area (Å²) in [6, 6.07) is 0.241. The Labute approximate surface area is 137 Å². The van der Waals surface area contributed by atoms with Gasteiger partial charge >= 0.3 is 6.03 Å². The maximum Gasteiger partial charge on any atom is 0.328 e. The van der Waals surface area contributed by atoms with E-state index in [0.717, 1.165) is 25.8 Å². The molecule has 0 aromatic rings. The van der Waals surface area contributed by atoms with Crippen LogP contribution in [0.5, 0.6) is 0 Å². The van der Waals surface area contributed by atoms with Gasteiger partial charge in [-0.05, 0) is 58.4 Å². The molecule has 3 saturated heterocycles. The Hall–Kier alpha value is -1.14. The molecule has 6 nitrogen and oxygen atoms in total. The van der Waals surface area contributed by atoms with E-state index < -0.39 is 5.54 Å². The number of nitrogens with zero attached hydrogens (tertiary/aromatic N) is 2. The molecule has 0 bridgehead atoms. The summed E-state index contributed by atoms with van der Waals surface area (Å²) in [5.74, 6) is 0.546. The first-order valence-corrected chi connectivity index (χ1v) is 9.03. The van der Waals surface area contributed by atoms with Gasteiger partial charge in [-0.25, -0.2) is 4.79 Å². The topological polar surface area (TPSA) is 61.9 Å². The number of fused-ring (bicyclic) bond motifs is 1. The normalized spacial score (nSPS) is 40.7. The van der Waals surface area contributed by atoms with Crippen molar-refractivity contribution in [2.75, 3.05) is 19.8 Å². The van der Waals surface area contributed by atoms with E-state index in [2.05, 4.69) is 5.32 Å². The van der Waals surface area contributed by atoms with Gasteiger partial charge in [-0.3, -0.25) is 9.69 Å². The van der Waals surface area contributed by atoms with Gasteiger partial charge in [0.05, 0.1) is 12.6 Å². The zero-order valence-corrected chi connectivity index (χ0v) is 14.1. The summed E-state index contributed by atoms with van der Waals surface area (Å²) in [6.07, 6.45) is 4.69. The van der Waals surface area contributed by atoms with Crippen molar-refractivity contribution >= 4 is 11.9 Å². The fraction of sp³-hybridized carbons (Fsp3) is 0.882. The van der Waals surface area contributed by atoms with Crippen LogP contribution in [0.1, 0.15) is 46.0 Å². The number of nitrogens with one attached hydrogen (secondary N) is 1. The fourth-order valence-electron chi connectivity index (χ4n) is 5.23. The Morgan fingerprint density at radius 1 is 1.26 bits per heavy atom. The minimum atomic E-state index is -0.624. The second kappa shape index (κ2) is 5.45. The highest BCUT2D eigenvalue weighted by Crippen LogP contribution is 2.48. The number of urea groups is 1. The molecule has 23 heavy (non-hydrogen) atoms. The highest BCUT2D eigenvalue weighted by molar-refractivity contribution is 6.07. The van der Waals surface area contributed by atoms with E-state index in [-0.39, 0.29) is 24.0 Å². The Bertz CT molecular complexity index is 501. The molecule has 4 unspecified atom stereocenters. The molecule has 1 aliphatic carbocycles. The number of rotatable bonds is 2. The smallest absolute Gasteiger partial charge is 0.328 e. The van der Waals surface area contributed by atoms with E-state index in [1.54, 1.807) is 0 Å². The van der Waals surface area contributed by atoms with E-state index in [1.807, 2.05) is 18.7 Å². The van der Waals surface area contributed by atoms with Crippen LogP contribution in [-0.2, 0) is 9.53 Å². The second-order valence-electron chi connectivity index (χ2n) is 7.84. The molecule has 3 amide bonds. The Morgan fingerprint density at radius 2 is 2.09 bits per heavy atom. The Morgan fingerprint density at radius 3 is 2.74 bits per heavy atom. The van der Waals surface area contributed by atoms with Crippen LogP contribution in [0.2, 0.25) is 0 Å². The third-order valence-corrected chi connectivity index (χ3v) is 6.16. The number of amides is 3. The number of ether oxygens (including phenoxy) is 1. The SMILES string of the molecule is CC(C)N1C(=O)N(C2CCOC2)C(=O)C12CC1CCCNC1C2. The lowest BCUT2D eigenvalue weighted by molar-refractivity contribution is -0.135. The number of carbonyl (C=O) groups excluding carboxylic acids is 2. The van der Waals surface area contributed by atoms with Gasteiger partial charge in [-0.15, -0.1) is 0 Å². The number of hydrogen-bond acceptors (Lipinski definition) is 4. The molecule has 4 atom stereocenters. The van der Waals surface area contributed by atoms with Crippen molar-refractivity contribution in [3.8, 4) is 0 Å². The van der Waals surface area contributed by atoms with Crippen molar-refractivity contribution in [2.45, 2.75) is 69.6 Å². The molecule has 4 aliphatic rings. The van der Waals surface area contributed by atoms with Crippen LogP contribution in [-0.4, -0.2) is 65.2 Å². The van der Waals surface area contributed by atoms with Crippen LogP contribution in [0.15, 0.2) is 0 Å². The van der Waals surface area contributed by atoms with E-state index in [0.29, 0.717) is 25.2 Å². The molecule has 1 N–H and O–H groups in total. The minimum absolute atomic E-state index is 0.0305. The molecule has 1 saturated carbocycles. The highest BCUT2D eigenvalue weighted by atomic mass is 16.5. The molecule has 0 aromatic carbocycles. The quantitative estimate of drug-likeness (QED) is 0.780. The largest absolute Gasteiger partial charge is 0.379 e. The van der Waals surface area contributed by atoms with Gasteiger partial charge in [0.1, 0.15) is 5.54 Å². The van der Waals surface area contributed by atoms with Gasteiger partial charge in [0, 0.05) is 18.7 Å². The number of imide groups is 1. The van der Waals surface area contributed by atoms with Crippen LogP contribution in [0, 0.1) is 5.92 Å². The summed E-state index contributed by atoms with van der Waals surface area (Å²) in [6.45, 7) is 6.21. The van der Waals surface area contributed by atoms with Crippen molar-refractivity contribution in [1.29, 1.82) is 0 Å². The minimum Gasteiger partial charge on any atom is -0.379 e. The van der Waals surface area contributed by atoms with E-state index >= 15 is 0 Å². The first kappa shape index (κ1) is 15.4. The summed E-state index contributed by atoms with van der Waals surface area (Å²) >= 11 is 0. The molecule has 128 valence electrons. The predicted octanol–water partition coefficient (Wildman–Crippen LogP) is 1.35. The van der Waals surface area contributed by atoms with Crippen molar-refractivity contribution in [2.24, 2.45) is 5.92 Å². The molecule has 4 fully saturated rings. The molecule has 0 radical (unpaired) electrons. The van der Waals surface area contributed by atoms with Crippen LogP contribution >= 0.6 is 0 Å². The maximum atomic E-state index is 13.4. The van der Waals surface area contributed by atoms with E-state index in [4.69, 9.17) is 4.74 Å². The molecule has 1 spiro atoms. The average molecular weight is 321 g/mol. The lowest BCUT2D eigenvalue weighted by atomic mass is 9.90. The summed E-state index contributed by atoms with van der Waals surface area (Å²) in [4.78, 5) is 29.8.